The minimum Gasteiger partial charge on any atom is -0.324 e. The van der Waals surface area contributed by atoms with E-state index in [4.69, 9.17) is 16.7 Å². The molecule has 0 fully saturated rings. The van der Waals surface area contributed by atoms with Gasteiger partial charge in [-0.25, -0.2) is 9.67 Å². The molecule has 8 heteroatoms. The lowest BCUT2D eigenvalue weighted by atomic mass is 9.87. The van der Waals surface area contributed by atoms with Crippen molar-refractivity contribution < 1.29 is 4.79 Å². The van der Waals surface area contributed by atoms with Crippen molar-refractivity contribution in [1.82, 2.24) is 29.4 Å². The lowest BCUT2D eigenvalue weighted by Gasteiger charge is -2.40. The molecule has 0 N–H and O–H groups in total. The predicted octanol–water partition coefficient (Wildman–Crippen LogP) is 4.84. The van der Waals surface area contributed by atoms with Crippen molar-refractivity contribution in [3.8, 4) is 11.3 Å². The summed E-state index contributed by atoms with van der Waals surface area (Å²) in [6.45, 7) is 8.26. The molecule has 1 amide bonds. The van der Waals surface area contributed by atoms with Crippen molar-refractivity contribution in [1.29, 1.82) is 0 Å². The third-order valence-corrected chi connectivity index (χ3v) is 6.32. The molecule has 1 aliphatic rings. The van der Waals surface area contributed by atoms with Crippen molar-refractivity contribution in [3.05, 3.63) is 52.7 Å². The van der Waals surface area contributed by atoms with E-state index in [-0.39, 0.29) is 29.9 Å². The third kappa shape index (κ3) is 3.76. The topological polar surface area (TPSA) is 68.8 Å². The second-order valence-corrected chi connectivity index (χ2v) is 8.83. The Morgan fingerprint density at radius 3 is 2.61 bits per heavy atom. The summed E-state index contributed by atoms with van der Waals surface area (Å²) < 4.78 is 3.65. The van der Waals surface area contributed by atoms with Crippen LogP contribution in [0.1, 0.15) is 74.5 Å². The van der Waals surface area contributed by atoms with Crippen LogP contribution in [0.25, 0.3) is 11.3 Å². The van der Waals surface area contributed by atoms with Gasteiger partial charge in [-0.3, -0.25) is 9.48 Å². The molecule has 0 saturated carbocycles. The Labute approximate surface area is 188 Å². The molecular formula is C23H29ClN6O. The van der Waals surface area contributed by atoms with Crippen molar-refractivity contribution >= 4 is 17.5 Å². The molecule has 164 valence electrons. The summed E-state index contributed by atoms with van der Waals surface area (Å²) in [6.07, 6.45) is 3.99. The van der Waals surface area contributed by atoms with Crippen molar-refractivity contribution in [3.63, 3.8) is 0 Å². The van der Waals surface area contributed by atoms with E-state index < -0.39 is 0 Å². The zero-order valence-corrected chi connectivity index (χ0v) is 19.5. The summed E-state index contributed by atoms with van der Waals surface area (Å²) in [5.41, 5.74) is 4.28. The van der Waals surface area contributed by atoms with E-state index in [1.807, 2.05) is 48.7 Å². The lowest BCUT2D eigenvalue weighted by molar-refractivity contribution is 0.0499. The van der Waals surface area contributed by atoms with Gasteiger partial charge in [0.15, 0.2) is 0 Å². The number of hydrogen-bond donors (Lipinski definition) is 0. The summed E-state index contributed by atoms with van der Waals surface area (Å²) >= 11 is 6.27. The molecule has 0 radical (unpaired) electrons. The number of benzene rings is 1. The minimum absolute atomic E-state index is 0.0538. The van der Waals surface area contributed by atoms with Crippen LogP contribution in [-0.2, 0) is 13.5 Å². The molecule has 0 spiro atoms. The van der Waals surface area contributed by atoms with Crippen molar-refractivity contribution in [2.45, 2.75) is 65.1 Å². The molecule has 1 aliphatic heterocycles. The van der Waals surface area contributed by atoms with Crippen LogP contribution >= 0.6 is 11.6 Å². The largest absolute Gasteiger partial charge is 0.324 e. The van der Waals surface area contributed by atoms with Gasteiger partial charge in [0.05, 0.1) is 17.4 Å². The van der Waals surface area contributed by atoms with E-state index >= 15 is 0 Å². The SMILES string of the molecule is CCC1Cc2c(nn(C)c2-c2cccc(Cl)c2)C(CC)N1C(=O)c1ncn(C(C)C)n1. The van der Waals surface area contributed by atoms with Gasteiger partial charge in [-0.1, -0.05) is 37.6 Å². The molecule has 3 aromatic rings. The highest BCUT2D eigenvalue weighted by atomic mass is 35.5. The molecule has 1 aromatic carbocycles. The van der Waals surface area contributed by atoms with E-state index in [2.05, 4.69) is 30.0 Å². The number of hydrogen-bond acceptors (Lipinski definition) is 4. The van der Waals surface area contributed by atoms with E-state index in [0.29, 0.717) is 5.02 Å². The zero-order valence-electron chi connectivity index (χ0n) is 18.7. The van der Waals surface area contributed by atoms with Crippen molar-refractivity contribution in [2.75, 3.05) is 0 Å². The molecule has 0 saturated heterocycles. The molecule has 31 heavy (non-hydrogen) atoms. The van der Waals surface area contributed by atoms with Gasteiger partial charge in [-0.05, 0) is 45.2 Å². The average molecular weight is 441 g/mol. The Morgan fingerprint density at radius 1 is 1.23 bits per heavy atom. The first-order valence-electron chi connectivity index (χ1n) is 10.9. The monoisotopic (exact) mass is 440 g/mol. The molecule has 4 rings (SSSR count). The highest BCUT2D eigenvalue weighted by Gasteiger charge is 2.41. The quantitative estimate of drug-likeness (QED) is 0.569. The van der Waals surface area contributed by atoms with Gasteiger partial charge < -0.3 is 4.90 Å². The molecule has 3 heterocycles. The maximum atomic E-state index is 13.5. The standard InChI is InChI=1S/C23H29ClN6O/c1-6-17-12-18-20(26-28(5)21(18)15-9-8-10-16(24)11-15)19(7-2)30(17)23(31)22-25-13-29(27-22)14(3)4/h8-11,13-14,17,19H,6-7,12H2,1-5H3. The van der Waals surface area contributed by atoms with Crippen LogP contribution < -0.4 is 0 Å². The number of nitrogens with zero attached hydrogens (tertiary/aromatic N) is 6. The number of amides is 1. The molecule has 2 unspecified atom stereocenters. The first kappa shape index (κ1) is 21.6. The summed E-state index contributed by atoms with van der Waals surface area (Å²) in [5.74, 6) is 0.124. The van der Waals surface area contributed by atoms with Gasteiger partial charge in [-0.2, -0.15) is 5.10 Å². The number of halogens is 1. The normalized spacial score (nSPS) is 18.5. The highest BCUT2D eigenvalue weighted by Crippen LogP contribution is 2.41. The molecule has 0 aliphatic carbocycles. The predicted molar refractivity (Wildman–Crippen MR) is 121 cm³/mol. The van der Waals surface area contributed by atoms with Gasteiger partial charge in [0, 0.05) is 35.3 Å². The fourth-order valence-electron chi connectivity index (χ4n) is 4.55. The number of aromatic nitrogens is 5. The van der Waals surface area contributed by atoms with Gasteiger partial charge in [0.25, 0.3) is 5.91 Å². The van der Waals surface area contributed by atoms with Crippen LogP contribution in [0.3, 0.4) is 0 Å². The van der Waals surface area contributed by atoms with Gasteiger partial charge >= 0.3 is 0 Å². The fourth-order valence-corrected chi connectivity index (χ4v) is 4.74. The van der Waals surface area contributed by atoms with E-state index in [9.17, 15) is 4.79 Å². The third-order valence-electron chi connectivity index (χ3n) is 6.08. The van der Waals surface area contributed by atoms with Gasteiger partial charge in [-0.15, -0.1) is 5.10 Å². The number of rotatable bonds is 5. The number of fused-ring (bicyclic) bond motifs is 1. The first-order valence-corrected chi connectivity index (χ1v) is 11.3. The molecular weight excluding hydrogens is 412 g/mol. The van der Waals surface area contributed by atoms with E-state index in [1.165, 1.54) is 5.56 Å². The van der Waals surface area contributed by atoms with Crippen LogP contribution in [0.2, 0.25) is 5.02 Å². The average Bonchev–Trinajstić information content (AvgIpc) is 3.36. The summed E-state index contributed by atoms with van der Waals surface area (Å²) in [7, 11) is 1.96. The number of carbonyl (C=O) groups is 1. The second kappa shape index (κ2) is 8.46. The molecule has 2 atom stereocenters. The van der Waals surface area contributed by atoms with Crippen molar-refractivity contribution in [2.24, 2.45) is 7.05 Å². The molecule has 2 aromatic heterocycles. The zero-order chi connectivity index (χ0) is 22.3. The Morgan fingerprint density at radius 2 is 2.00 bits per heavy atom. The fraction of sp³-hybridized carbons (Fsp3) is 0.478. The van der Waals surface area contributed by atoms with Crippen LogP contribution in [0, 0.1) is 0 Å². The Kier molecular flexibility index (Phi) is 5.88. The summed E-state index contributed by atoms with van der Waals surface area (Å²) in [4.78, 5) is 19.8. The maximum absolute atomic E-state index is 13.5. The van der Waals surface area contributed by atoms with Crippen LogP contribution in [0.5, 0.6) is 0 Å². The minimum atomic E-state index is -0.126. The van der Waals surface area contributed by atoms with Crippen LogP contribution in [0.4, 0.5) is 0 Å². The number of aryl methyl sites for hydroxylation is 1. The second-order valence-electron chi connectivity index (χ2n) is 8.39. The Hall–Kier alpha value is -2.67. The first-order chi connectivity index (χ1) is 14.8. The maximum Gasteiger partial charge on any atom is 0.294 e. The number of carbonyl (C=O) groups excluding carboxylic acids is 1. The lowest BCUT2D eigenvalue weighted by Crippen LogP contribution is -2.47. The van der Waals surface area contributed by atoms with Gasteiger partial charge in [0.2, 0.25) is 5.82 Å². The van der Waals surface area contributed by atoms with E-state index in [0.717, 1.165) is 36.2 Å². The Bertz CT molecular complexity index is 1100. The smallest absolute Gasteiger partial charge is 0.294 e. The van der Waals surface area contributed by atoms with E-state index in [1.54, 1.807) is 11.0 Å². The summed E-state index contributed by atoms with van der Waals surface area (Å²) in [5, 5.41) is 10.0. The van der Waals surface area contributed by atoms with Crippen LogP contribution in [0.15, 0.2) is 30.6 Å². The molecule has 0 bridgehead atoms. The highest BCUT2D eigenvalue weighted by molar-refractivity contribution is 6.30. The molecule has 7 nitrogen and oxygen atoms in total. The Balaban J connectivity index is 1.78. The summed E-state index contributed by atoms with van der Waals surface area (Å²) in [6, 6.07) is 7.96. The van der Waals surface area contributed by atoms with Crippen LogP contribution in [-0.4, -0.2) is 41.4 Å². The van der Waals surface area contributed by atoms with Gasteiger partial charge in [0.1, 0.15) is 6.33 Å².